The van der Waals surface area contributed by atoms with Crippen LogP contribution < -0.4 is 16.0 Å². The highest BCUT2D eigenvalue weighted by molar-refractivity contribution is 9.10. The molecule has 0 radical (unpaired) electrons. The monoisotopic (exact) mass is 443 g/mol. The lowest BCUT2D eigenvalue weighted by atomic mass is 10.0. The van der Waals surface area contributed by atoms with Crippen LogP contribution in [-0.2, 0) is 6.18 Å². The molecule has 9 heteroatoms. The van der Waals surface area contributed by atoms with Gasteiger partial charge in [0.05, 0.1) is 17.3 Å². The molecule has 1 aliphatic heterocycles. The van der Waals surface area contributed by atoms with Gasteiger partial charge in [-0.1, -0.05) is 29.8 Å². The lowest BCUT2D eigenvalue weighted by molar-refractivity contribution is -0.137. The van der Waals surface area contributed by atoms with Gasteiger partial charge in [0, 0.05) is 30.2 Å². The number of nitrogens with two attached hydrogens (primary N) is 1. The SMILES string of the molecule is CC(C)c1cc(N2CCN[C@@H](c3cc(C(F)(F)F)ccc3Br)C2)nc(N)n1. The topological polar surface area (TPSA) is 67.1 Å². The molecule has 1 saturated heterocycles. The quantitative estimate of drug-likeness (QED) is 0.746. The van der Waals surface area contributed by atoms with Crippen LogP contribution in [0.2, 0.25) is 0 Å². The first-order valence-electron chi connectivity index (χ1n) is 8.64. The van der Waals surface area contributed by atoms with Gasteiger partial charge in [-0.05, 0) is 29.7 Å². The molecule has 146 valence electrons. The average Bonchev–Trinajstić information content (AvgIpc) is 2.60. The minimum atomic E-state index is -4.38. The van der Waals surface area contributed by atoms with Crippen LogP contribution in [0.5, 0.6) is 0 Å². The standard InChI is InChI=1S/C18H21BrF3N5/c1-10(2)14-8-16(26-17(23)25-14)27-6-5-24-15(9-27)12-7-11(18(20,21)22)3-4-13(12)19/h3-4,7-8,10,15,24H,5-6,9H2,1-2H3,(H2,23,25,26)/t15-/m1/s1. The van der Waals surface area contributed by atoms with Gasteiger partial charge in [0.2, 0.25) is 5.95 Å². The van der Waals surface area contributed by atoms with Crippen molar-refractivity contribution in [2.75, 3.05) is 30.3 Å². The predicted molar refractivity (Wildman–Crippen MR) is 103 cm³/mol. The van der Waals surface area contributed by atoms with Crippen LogP contribution >= 0.6 is 15.9 Å². The molecule has 1 atom stereocenters. The zero-order chi connectivity index (χ0) is 19.8. The molecule has 5 nitrogen and oxygen atoms in total. The lowest BCUT2D eigenvalue weighted by Gasteiger charge is -2.35. The van der Waals surface area contributed by atoms with E-state index >= 15 is 0 Å². The number of anilines is 2. The van der Waals surface area contributed by atoms with E-state index in [1.807, 2.05) is 24.8 Å². The second kappa shape index (κ2) is 7.63. The first-order chi connectivity index (χ1) is 12.6. The van der Waals surface area contributed by atoms with E-state index < -0.39 is 11.7 Å². The molecule has 0 unspecified atom stereocenters. The van der Waals surface area contributed by atoms with Crippen molar-refractivity contribution in [1.29, 1.82) is 0 Å². The molecular formula is C18H21BrF3N5. The highest BCUT2D eigenvalue weighted by Crippen LogP contribution is 2.35. The molecule has 3 rings (SSSR count). The Morgan fingerprint density at radius 1 is 1.26 bits per heavy atom. The van der Waals surface area contributed by atoms with Gasteiger partial charge in [-0.25, -0.2) is 4.98 Å². The van der Waals surface area contributed by atoms with Crippen LogP contribution in [0.4, 0.5) is 24.9 Å². The molecule has 1 aromatic carbocycles. The number of piperazine rings is 1. The number of nitrogens with zero attached hydrogens (tertiary/aromatic N) is 3. The van der Waals surface area contributed by atoms with E-state index in [1.165, 1.54) is 12.1 Å². The molecule has 0 bridgehead atoms. The van der Waals surface area contributed by atoms with Crippen LogP contribution in [0.25, 0.3) is 0 Å². The van der Waals surface area contributed by atoms with Crippen molar-refractivity contribution in [2.24, 2.45) is 0 Å². The highest BCUT2D eigenvalue weighted by Gasteiger charge is 2.32. The van der Waals surface area contributed by atoms with Crippen molar-refractivity contribution in [3.63, 3.8) is 0 Å². The number of rotatable bonds is 3. The third-order valence-electron chi connectivity index (χ3n) is 4.54. The summed E-state index contributed by atoms with van der Waals surface area (Å²) in [5.74, 6) is 1.10. The van der Waals surface area contributed by atoms with Gasteiger partial charge in [0.1, 0.15) is 5.82 Å². The molecule has 0 aliphatic carbocycles. The average molecular weight is 444 g/mol. The van der Waals surface area contributed by atoms with Crippen molar-refractivity contribution in [3.8, 4) is 0 Å². The number of alkyl halides is 3. The van der Waals surface area contributed by atoms with Gasteiger partial charge in [-0.3, -0.25) is 0 Å². The minimum Gasteiger partial charge on any atom is -0.368 e. The van der Waals surface area contributed by atoms with Crippen molar-refractivity contribution in [3.05, 3.63) is 45.6 Å². The Labute approximate surface area is 164 Å². The summed E-state index contributed by atoms with van der Waals surface area (Å²) in [7, 11) is 0. The van der Waals surface area contributed by atoms with Gasteiger partial charge in [0.15, 0.2) is 0 Å². The maximum Gasteiger partial charge on any atom is 0.416 e. The first kappa shape index (κ1) is 19.9. The number of nitrogen functional groups attached to an aromatic ring is 1. The predicted octanol–water partition coefficient (Wildman–Crippen LogP) is 4.11. The van der Waals surface area contributed by atoms with E-state index in [4.69, 9.17) is 5.73 Å². The zero-order valence-electron chi connectivity index (χ0n) is 15.0. The molecule has 3 N–H and O–H groups in total. The smallest absolute Gasteiger partial charge is 0.368 e. The summed E-state index contributed by atoms with van der Waals surface area (Å²) in [6.45, 7) is 5.82. The number of nitrogens with one attached hydrogen (secondary N) is 1. The van der Waals surface area contributed by atoms with Crippen molar-refractivity contribution < 1.29 is 13.2 Å². The lowest BCUT2D eigenvalue weighted by Crippen LogP contribution is -2.46. The Hall–Kier alpha value is -1.87. The van der Waals surface area contributed by atoms with Crippen molar-refractivity contribution >= 4 is 27.7 Å². The van der Waals surface area contributed by atoms with Crippen LogP contribution in [-0.4, -0.2) is 29.6 Å². The molecule has 27 heavy (non-hydrogen) atoms. The molecule has 2 heterocycles. The Balaban J connectivity index is 1.89. The summed E-state index contributed by atoms with van der Waals surface area (Å²) < 4.78 is 39.9. The maximum atomic E-state index is 13.1. The number of halogens is 4. The van der Waals surface area contributed by atoms with Gasteiger partial charge < -0.3 is 16.0 Å². The third-order valence-corrected chi connectivity index (χ3v) is 5.26. The molecule has 1 aromatic heterocycles. The first-order valence-corrected chi connectivity index (χ1v) is 9.44. The maximum absolute atomic E-state index is 13.1. The Morgan fingerprint density at radius 3 is 2.67 bits per heavy atom. The zero-order valence-corrected chi connectivity index (χ0v) is 16.6. The molecule has 0 saturated carbocycles. The van der Waals surface area contributed by atoms with Gasteiger partial charge in [-0.15, -0.1) is 0 Å². The molecule has 2 aromatic rings. The van der Waals surface area contributed by atoms with E-state index in [1.54, 1.807) is 0 Å². The summed E-state index contributed by atoms with van der Waals surface area (Å²) >= 11 is 3.38. The summed E-state index contributed by atoms with van der Waals surface area (Å²) in [4.78, 5) is 10.6. The minimum absolute atomic E-state index is 0.199. The van der Waals surface area contributed by atoms with E-state index in [-0.39, 0.29) is 17.9 Å². The van der Waals surface area contributed by atoms with Gasteiger partial charge >= 0.3 is 6.18 Å². The highest BCUT2D eigenvalue weighted by atomic mass is 79.9. The molecule has 0 spiro atoms. The summed E-state index contributed by atoms with van der Waals surface area (Å²) in [6.07, 6.45) is -4.38. The number of hydrogen-bond acceptors (Lipinski definition) is 5. The van der Waals surface area contributed by atoms with E-state index in [0.717, 1.165) is 11.8 Å². The van der Waals surface area contributed by atoms with E-state index in [2.05, 4.69) is 31.2 Å². The van der Waals surface area contributed by atoms with Crippen molar-refractivity contribution in [1.82, 2.24) is 15.3 Å². The second-order valence-corrected chi connectivity index (χ2v) is 7.71. The van der Waals surface area contributed by atoms with Crippen LogP contribution in [0.15, 0.2) is 28.7 Å². The van der Waals surface area contributed by atoms with E-state index in [0.29, 0.717) is 35.5 Å². The third kappa shape index (κ3) is 4.52. The Morgan fingerprint density at radius 2 is 2.00 bits per heavy atom. The number of hydrogen-bond donors (Lipinski definition) is 2. The van der Waals surface area contributed by atoms with Crippen LogP contribution in [0.3, 0.4) is 0 Å². The van der Waals surface area contributed by atoms with Crippen LogP contribution in [0.1, 0.15) is 42.6 Å². The molecule has 1 fully saturated rings. The summed E-state index contributed by atoms with van der Waals surface area (Å²) in [5, 5.41) is 3.29. The fraction of sp³-hybridized carbons (Fsp3) is 0.444. The second-order valence-electron chi connectivity index (χ2n) is 6.85. The van der Waals surface area contributed by atoms with Gasteiger partial charge in [-0.2, -0.15) is 18.2 Å². The van der Waals surface area contributed by atoms with Crippen LogP contribution in [0, 0.1) is 0 Å². The molecule has 1 aliphatic rings. The van der Waals surface area contributed by atoms with E-state index in [9.17, 15) is 13.2 Å². The summed E-state index contributed by atoms with van der Waals surface area (Å²) in [6, 6.07) is 5.34. The molecular weight excluding hydrogens is 423 g/mol. The summed E-state index contributed by atoms with van der Waals surface area (Å²) in [5.41, 5.74) is 6.60. The van der Waals surface area contributed by atoms with Crippen molar-refractivity contribution in [2.45, 2.75) is 32.0 Å². The Kier molecular flexibility index (Phi) is 5.62. The Bertz CT molecular complexity index is 825. The fourth-order valence-corrected chi connectivity index (χ4v) is 3.61. The largest absolute Gasteiger partial charge is 0.416 e. The number of benzene rings is 1. The number of aromatic nitrogens is 2. The van der Waals surface area contributed by atoms with Gasteiger partial charge in [0.25, 0.3) is 0 Å². The normalized spacial score (nSPS) is 18.2. The fourth-order valence-electron chi connectivity index (χ4n) is 3.08. The molecule has 0 amide bonds.